The van der Waals surface area contributed by atoms with Crippen molar-refractivity contribution < 1.29 is 13.6 Å². The lowest BCUT2D eigenvalue weighted by Crippen LogP contribution is -2.15. The van der Waals surface area contributed by atoms with Crippen LogP contribution in [0.15, 0.2) is 0 Å². The fourth-order valence-electron chi connectivity index (χ4n) is 1.89. The van der Waals surface area contributed by atoms with Gasteiger partial charge in [-0.05, 0) is 20.3 Å². The Bertz CT molecular complexity index is 208. The second kappa shape index (κ2) is 14.1. The Labute approximate surface area is 121 Å². The van der Waals surface area contributed by atoms with Gasteiger partial charge in [-0.25, -0.2) is 0 Å². The Balaban J connectivity index is 3.14. The van der Waals surface area contributed by atoms with Gasteiger partial charge in [-0.3, -0.25) is 4.79 Å². The fraction of sp³-hybridized carbons (Fsp3) is 0.933. The van der Waals surface area contributed by atoms with Gasteiger partial charge in [0.1, 0.15) is 0 Å². The van der Waals surface area contributed by atoms with Crippen LogP contribution in [0.3, 0.4) is 0 Å². The van der Waals surface area contributed by atoms with Crippen molar-refractivity contribution >= 4 is 16.0 Å². The predicted molar refractivity (Wildman–Crippen MR) is 82.7 cm³/mol. The highest BCUT2D eigenvalue weighted by Gasteiger charge is 2.03. The maximum atomic E-state index is 11.4. The highest BCUT2D eigenvalue weighted by atomic mass is 28.3. The molecule has 0 amide bonds. The molecule has 0 aromatic heterocycles. The zero-order valence-corrected chi connectivity index (χ0v) is 14.5. The van der Waals surface area contributed by atoms with E-state index in [-0.39, 0.29) is 12.1 Å². The molecule has 0 spiro atoms. The van der Waals surface area contributed by atoms with E-state index in [1.165, 1.54) is 44.9 Å². The van der Waals surface area contributed by atoms with Crippen LogP contribution in [0.2, 0.25) is 0 Å². The van der Waals surface area contributed by atoms with E-state index in [4.69, 9.17) is 8.85 Å². The molecule has 0 aromatic rings. The minimum absolute atomic E-state index is 0.0738. The Morgan fingerprint density at radius 3 is 2.00 bits per heavy atom. The summed E-state index contributed by atoms with van der Waals surface area (Å²) >= 11 is 0. The first-order valence-electron chi connectivity index (χ1n) is 7.94. The first-order valence-corrected chi connectivity index (χ1v) is 9.09. The summed E-state index contributed by atoms with van der Waals surface area (Å²) in [6, 6.07) is 0. The molecule has 0 aliphatic heterocycles. The lowest BCUT2D eigenvalue weighted by Gasteiger charge is -2.08. The van der Waals surface area contributed by atoms with Crippen molar-refractivity contribution in [3.8, 4) is 0 Å². The maximum Gasteiger partial charge on any atom is 0.369 e. The van der Waals surface area contributed by atoms with Gasteiger partial charge in [0, 0.05) is 12.5 Å². The maximum absolute atomic E-state index is 11.4. The van der Waals surface area contributed by atoms with Crippen molar-refractivity contribution in [2.75, 3.05) is 0 Å². The van der Waals surface area contributed by atoms with E-state index in [9.17, 15) is 4.79 Å². The summed E-state index contributed by atoms with van der Waals surface area (Å²) in [6.07, 6.45) is 12.2. The van der Waals surface area contributed by atoms with Crippen LogP contribution in [0.25, 0.3) is 0 Å². The third-order valence-corrected chi connectivity index (χ3v) is 4.35. The normalized spacial score (nSPS) is 11.6. The van der Waals surface area contributed by atoms with Crippen LogP contribution < -0.4 is 0 Å². The quantitative estimate of drug-likeness (QED) is 0.381. The molecule has 0 bridgehead atoms. The molecular weight excluding hydrogens is 256 g/mol. The molecule has 4 heteroatoms. The van der Waals surface area contributed by atoms with Crippen molar-refractivity contribution in [3.05, 3.63) is 0 Å². The Kier molecular flexibility index (Phi) is 13.8. The molecule has 0 fully saturated rings. The smallest absolute Gasteiger partial charge is 0.369 e. The Hall–Kier alpha value is -0.353. The number of carbonyl (C=O) groups excluding carboxylic acids is 1. The first kappa shape index (κ1) is 18.6. The third kappa shape index (κ3) is 15.6. The second-order valence-corrected chi connectivity index (χ2v) is 6.29. The van der Waals surface area contributed by atoms with Gasteiger partial charge in [-0.1, -0.05) is 58.3 Å². The van der Waals surface area contributed by atoms with Crippen LogP contribution in [0.1, 0.15) is 85.0 Å². The summed E-state index contributed by atoms with van der Waals surface area (Å²) in [4.78, 5) is 11.4. The van der Waals surface area contributed by atoms with Crippen molar-refractivity contribution in [2.45, 2.75) is 91.1 Å². The summed E-state index contributed by atoms with van der Waals surface area (Å²) in [7, 11) is -1.09. The average molecular weight is 289 g/mol. The van der Waals surface area contributed by atoms with Crippen molar-refractivity contribution in [3.63, 3.8) is 0 Å². The van der Waals surface area contributed by atoms with E-state index in [0.717, 1.165) is 12.8 Å². The highest BCUT2D eigenvalue weighted by molar-refractivity contribution is 6.22. The predicted octanol–water partition coefficient (Wildman–Crippen LogP) is 3.87. The van der Waals surface area contributed by atoms with Gasteiger partial charge >= 0.3 is 10.0 Å². The van der Waals surface area contributed by atoms with Crippen molar-refractivity contribution in [2.24, 2.45) is 0 Å². The third-order valence-electron chi connectivity index (χ3n) is 3.11. The van der Waals surface area contributed by atoms with Gasteiger partial charge in [0.15, 0.2) is 0 Å². The van der Waals surface area contributed by atoms with Crippen LogP contribution in [-0.2, 0) is 13.6 Å². The summed E-state index contributed by atoms with van der Waals surface area (Å²) in [5.41, 5.74) is 0. The molecule has 0 heterocycles. The molecule has 0 saturated carbocycles. The summed E-state index contributed by atoms with van der Waals surface area (Å²) in [5.74, 6) is -0.0738. The van der Waals surface area contributed by atoms with Crippen LogP contribution in [0, 0.1) is 0 Å². The zero-order valence-electron chi connectivity index (χ0n) is 13.1. The molecule has 0 aromatic carbocycles. The van der Waals surface area contributed by atoms with Gasteiger partial charge in [-0.15, -0.1) is 0 Å². The fourth-order valence-corrected chi connectivity index (χ4v) is 2.50. The van der Waals surface area contributed by atoms with E-state index in [0.29, 0.717) is 6.42 Å². The summed E-state index contributed by atoms with van der Waals surface area (Å²) in [5, 5.41) is 0. The molecule has 0 N–H and O–H groups in total. The second-order valence-electron chi connectivity index (χ2n) is 5.43. The van der Waals surface area contributed by atoms with Gasteiger partial charge in [0.25, 0.3) is 5.97 Å². The monoisotopic (exact) mass is 288 g/mol. The first-order chi connectivity index (χ1) is 9.16. The Morgan fingerprint density at radius 1 is 0.947 bits per heavy atom. The number of unbranched alkanes of at least 4 members (excludes halogenated alkanes) is 8. The van der Waals surface area contributed by atoms with Crippen LogP contribution in [0.5, 0.6) is 0 Å². The number of hydrogen-bond donors (Lipinski definition) is 0. The van der Waals surface area contributed by atoms with Crippen LogP contribution in [-0.4, -0.2) is 22.1 Å². The van der Waals surface area contributed by atoms with Crippen molar-refractivity contribution in [1.82, 2.24) is 0 Å². The molecule has 19 heavy (non-hydrogen) atoms. The molecule has 0 radical (unpaired) electrons. The van der Waals surface area contributed by atoms with E-state index in [2.05, 4.69) is 6.92 Å². The molecule has 0 atom stereocenters. The van der Waals surface area contributed by atoms with E-state index in [1.54, 1.807) is 0 Å². The molecule has 114 valence electrons. The average Bonchev–Trinajstić information content (AvgIpc) is 2.36. The lowest BCUT2D eigenvalue weighted by molar-refractivity contribution is -0.135. The van der Waals surface area contributed by atoms with Crippen LogP contribution in [0.4, 0.5) is 0 Å². The highest BCUT2D eigenvalue weighted by Crippen LogP contribution is 2.10. The molecule has 3 nitrogen and oxygen atoms in total. The zero-order chi connectivity index (χ0) is 14.3. The number of carbonyl (C=O) groups is 1. The van der Waals surface area contributed by atoms with E-state index >= 15 is 0 Å². The SMILES string of the molecule is CCCCCCCCCCCC(=O)O[SiH2]OC(C)C. The Morgan fingerprint density at radius 2 is 1.47 bits per heavy atom. The van der Waals surface area contributed by atoms with E-state index < -0.39 is 10.0 Å². The molecule has 0 saturated heterocycles. The lowest BCUT2D eigenvalue weighted by atomic mass is 10.1. The van der Waals surface area contributed by atoms with Crippen molar-refractivity contribution in [1.29, 1.82) is 0 Å². The molecule has 0 aliphatic carbocycles. The van der Waals surface area contributed by atoms with Gasteiger partial charge in [0.2, 0.25) is 0 Å². The molecule has 0 rings (SSSR count). The molecular formula is C15H32O3Si. The standard InChI is InChI=1S/C15H32O3Si/c1-4-5-6-7-8-9-10-11-12-13-15(16)18-19-17-14(2)3/h14H,4-13,19H2,1-3H3. The number of hydrogen-bond acceptors (Lipinski definition) is 3. The summed E-state index contributed by atoms with van der Waals surface area (Å²) < 4.78 is 10.4. The minimum Gasteiger partial charge on any atom is -0.499 e. The largest absolute Gasteiger partial charge is 0.499 e. The molecule has 0 aliphatic rings. The topological polar surface area (TPSA) is 35.5 Å². The van der Waals surface area contributed by atoms with Crippen LogP contribution >= 0.6 is 0 Å². The van der Waals surface area contributed by atoms with Gasteiger partial charge in [0.05, 0.1) is 0 Å². The number of rotatable bonds is 13. The summed E-state index contributed by atoms with van der Waals surface area (Å²) in [6.45, 7) is 6.16. The van der Waals surface area contributed by atoms with Gasteiger partial charge in [-0.2, -0.15) is 0 Å². The van der Waals surface area contributed by atoms with E-state index in [1.807, 2.05) is 13.8 Å². The van der Waals surface area contributed by atoms with Gasteiger partial charge < -0.3 is 8.85 Å². The molecule has 0 unspecified atom stereocenters. The minimum atomic E-state index is -1.09.